The van der Waals surface area contributed by atoms with Crippen LogP contribution in [0.4, 0.5) is 8.78 Å². The van der Waals surface area contributed by atoms with Gasteiger partial charge in [0.25, 0.3) is 5.56 Å². The first-order chi connectivity index (χ1) is 16.5. The quantitative estimate of drug-likeness (QED) is 0.283. The molecule has 1 N–H and O–H groups in total. The minimum atomic E-state index is -2.86. The first-order valence-electron chi connectivity index (χ1n) is 10.5. The highest BCUT2D eigenvalue weighted by atomic mass is 32.2. The number of amides is 1. The zero-order valence-corrected chi connectivity index (χ0v) is 18.8. The Balaban J connectivity index is 1.41. The Morgan fingerprint density at radius 2 is 1.71 bits per heavy atom. The maximum atomic E-state index is 13.2. The molecule has 0 spiro atoms. The fraction of sp³-hybridized carbons (Fsp3) is 0.160. The molecule has 0 saturated heterocycles. The van der Waals surface area contributed by atoms with E-state index in [1.165, 1.54) is 28.5 Å². The zero-order chi connectivity index (χ0) is 23.9. The number of fused-ring (bicyclic) bond motifs is 1. The third kappa shape index (κ3) is 5.79. The molecule has 34 heavy (non-hydrogen) atoms. The molecule has 0 bridgehead atoms. The number of alkyl halides is 2. The lowest BCUT2D eigenvalue weighted by Gasteiger charge is -2.13. The molecule has 0 radical (unpaired) electrons. The minimum Gasteiger partial charge on any atom is -0.435 e. The van der Waals surface area contributed by atoms with E-state index in [9.17, 15) is 18.4 Å². The molecule has 1 heterocycles. The molecule has 0 saturated carbocycles. The lowest BCUT2D eigenvalue weighted by Crippen LogP contribution is -2.28. The first kappa shape index (κ1) is 23.4. The van der Waals surface area contributed by atoms with Gasteiger partial charge >= 0.3 is 6.61 Å². The smallest absolute Gasteiger partial charge is 0.387 e. The third-order valence-electron chi connectivity index (χ3n) is 4.98. The van der Waals surface area contributed by atoms with Gasteiger partial charge in [-0.2, -0.15) is 8.78 Å². The second-order valence-electron chi connectivity index (χ2n) is 7.30. The molecule has 0 fully saturated rings. The molecule has 0 unspecified atom stereocenters. The molecule has 3 aromatic carbocycles. The number of thioether (sulfide) groups is 1. The van der Waals surface area contributed by atoms with Gasteiger partial charge < -0.3 is 10.1 Å². The predicted molar refractivity (Wildman–Crippen MR) is 128 cm³/mol. The van der Waals surface area contributed by atoms with Gasteiger partial charge in [0.15, 0.2) is 5.16 Å². The van der Waals surface area contributed by atoms with Crippen molar-refractivity contribution in [3.05, 3.63) is 94.8 Å². The Morgan fingerprint density at radius 3 is 2.44 bits per heavy atom. The maximum absolute atomic E-state index is 13.2. The van der Waals surface area contributed by atoms with Crippen molar-refractivity contribution in [2.45, 2.75) is 18.2 Å². The van der Waals surface area contributed by atoms with Crippen LogP contribution in [0, 0.1) is 0 Å². The number of hydrogen-bond donors (Lipinski definition) is 1. The van der Waals surface area contributed by atoms with Crippen molar-refractivity contribution < 1.29 is 18.3 Å². The van der Waals surface area contributed by atoms with E-state index in [-0.39, 0.29) is 23.0 Å². The van der Waals surface area contributed by atoms with Gasteiger partial charge in [0, 0.05) is 6.54 Å². The summed E-state index contributed by atoms with van der Waals surface area (Å²) in [6, 6.07) is 22.6. The summed E-state index contributed by atoms with van der Waals surface area (Å²) in [5.41, 5.74) is 1.93. The molecule has 0 atom stereocenters. The van der Waals surface area contributed by atoms with Crippen molar-refractivity contribution in [2.24, 2.45) is 0 Å². The van der Waals surface area contributed by atoms with E-state index in [1.807, 2.05) is 36.4 Å². The summed E-state index contributed by atoms with van der Waals surface area (Å²) in [5, 5.41) is 3.77. The monoisotopic (exact) mass is 481 g/mol. The zero-order valence-electron chi connectivity index (χ0n) is 18.0. The highest BCUT2D eigenvalue weighted by molar-refractivity contribution is 7.99. The Kier molecular flexibility index (Phi) is 7.54. The number of carbonyl (C=O) groups is 1. The minimum absolute atomic E-state index is 0.0821. The summed E-state index contributed by atoms with van der Waals surface area (Å²) in [5.74, 6) is -0.0325. The fourth-order valence-corrected chi connectivity index (χ4v) is 4.22. The number of benzene rings is 3. The lowest BCUT2D eigenvalue weighted by molar-refractivity contribution is -0.118. The van der Waals surface area contributed by atoms with Crippen LogP contribution >= 0.6 is 11.8 Å². The van der Waals surface area contributed by atoms with E-state index < -0.39 is 6.61 Å². The summed E-state index contributed by atoms with van der Waals surface area (Å²) in [4.78, 5) is 30.2. The third-order valence-corrected chi connectivity index (χ3v) is 5.91. The van der Waals surface area contributed by atoms with Crippen molar-refractivity contribution in [1.29, 1.82) is 0 Å². The van der Waals surface area contributed by atoms with Crippen LogP contribution in [0.5, 0.6) is 5.75 Å². The highest BCUT2D eigenvalue weighted by Gasteiger charge is 2.14. The normalized spacial score (nSPS) is 11.0. The number of rotatable bonds is 9. The molecule has 1 aromatic heterocycles. The van der Waals surface area contributed by atoms with E-state index in [4.69, 9.17) is 0 Å². The van der Waals surface area contributed by atoms with Crippen LogP contribution in [0.3, 0.4) is 0 Å². The van der Waals surface area contributed by atoms with Crippen LogP contribution in [0.15, 0.2) is 88.8 Å². The summed E-state index contributed by atoms with van der Waals surface area (Å²) in [6.07, 6.45) is 0.536. The highest BCUT2D eigenvalue weighted by Crippen LogP contribution is 2.21. The molecule has 6 nitrogen and oxygen atoms in total. The van der Waals surface area contributed by atoms with Crippen molar-refractivity contribution in [1.82, 2.24) is 14.9 Å². The van der Waals surface area contributed by atoms with E-state index in [0.717, 1.165) is 5.56 Å². The number of nitrogens with zero attached hydrogens (tertiary/aromatic N) is 2. The Hall–Kier alpha value is -3.72. The van der Waals surface area contributed by atoms with Gasteiger partial charge in [-0.15, -0.1) is 0 Å². The number of para-hydroxylation sites is 2. The Labute approximate surface area is 198 Å². The van der Waals surface area contributed by atoms with Crippen LogP contribution in [0.2, 0.25) is 0 Å². The second kappa shape index (κ2) is 10.9. The SMILES string of the molecule is O=C(CSc1nc2ccccc2c(=O)n1-c1ccccc1)NCCc1ccc(OC(F)F)cc1. The molecule has 174 valence electrons. The number of halogens is 2. The number of hydrogen-bond acceptors (Lipinski definition) is 5. The van der Waals surface area contributed by atoms with Crippen LogP contribution in [-0.2, 0) is 11.2 Å². The summed E-state index contributed by atoms with van der Waals surface area (Å²) >= 11 is 1.19. The van der Waals surface area contributed by atoms with Crippen LogP contribution in [0.25, 0.3) is 16.6 Å². The fourth-order valence-electron chi connectivity index (χ4n) is 3.38. The van der Waals surface area contributed by atoms with Gasteiger partial charge in [-0.05, 0) is 48.4 Å². The average Bonchev–Trinajstić information content (AvgIpc) is 2.84. The Bertz CT molecular complexity index is 1330. The molecule has 1 amide bonds. The van der Waals surface area contributed by atoms with E-state index >= 15 is 0 Å². The molecule has 4 aromatic rings. The molecule has 4 rings (SSSR count). The average molecular weight is 482 g/mol. The van der Waals surface area contributed by atoms with Crippen molar-refractivity contribution in [2.75, 3.05) is 12.3 Å². The summed E-state index contributed by atoms with van der Waals surface area (Å²) in [6.45, 7) is -2.48. The standard InChI is InChI=1S/C25H21F2N3O3S/c26-24(27)33-19-12-10-17(11-13-19)14-15-28-22(31)16-34-25-29-21-9-5-4-8-20(21)23(32)30(25)18-6-2-1-3-7-18/h1-13,24H,14-16H2,(H,28,31). The van der Waals surface area contributed by atoms with Crippen LogP contribution < -0.4 is 15.6 Å². The molecular weight excluding hydrogens is 460 g/mol. The van der Waals surface area contributed by atoms with Gasteiger partial charge in [-0.25, -0.2) is 4.98 Å². The number of carbonyl (C=O) groups excluding carboxylic acids is 1. The largest absolute Gasteiger partial charge is 0.435 e. The number of aromatic nitrogens is 2. The van der Waals surface area contributed by atoms with Crippen molar-refractivity contribution in [3.8, 4) is 11.4 Å². The van der Waals surface area contributed by atoms with Gasteiger partial charge in [0.2, 0.25) is 5.91 Å². The van der Waals surface area contributed by atoms with E-state index in [0.29, 0.717) is 34.7 Å². The van der Waals surface area contributed by atoms with Gasteiger partial charge in [0.05, 0.1) is 22.3 Å². The molecular formula is C25H21F2N3O3S. The summed E-state index contributed by atoms with van der Waals surface area (Å²) in [7, 11) is 0. The van der Waals surface area contributed by atoms with Crippen molar-refractivity contribution >= 4 is 28.6 Å². The van der Waals surface area contributed by atoms with Crippen LogP contribution in [0.1, 0.15) is 5.56 Å². The lowest BCUT2D eigenvalue weighted by atomic mass is 10.1. The first-order valence-corrected chi connectivity index (χ1v) is 11.5. The van der Waals surface area contributed by atoms with E-state index in [2.05, 4.69) is 15.0 Å². The van der Waals surface area contributed by atoms with E-state index in [1.54, 1.807) is 30.3 Å². The molecule has 0 aliphatic carbocycles. The molecule has 9 heteroatoms. The topological polar surface area (TPSA) is 73.2 Å². The van der Waals surface area contributed by atoms with Gasteiger partial charge in [-0.3, -0.25) is 14.2 Å². The van der Waals surface area contributed by atoms with Gasteiger partial charge in [0.1, 0.15) is 5.75 Å². The van der Waals surface area contributed by atoms with Gasteiger partial charge in [-0.1, -0.05) is 54.2 Å². The summed E-state index contributed by atoms with van der Waals surface area (Å²) < 4.78 is 30.3. The molecule has 0 aliphatic heterocycles. The Morgan fingerprint density at radius 1 is 1.00 bits per heavy atom. The molecule has 0 aliphatic rings. The maximum Gasteiger partial charge on any atom is 0.387 e. The number of ether oxygens (including phenoxy) is 1. The second-order valence-corrected chi connectivity index (χ2v) is 8.24. The van der Waals surface area contributed by atoms with Crippen LogP contribution in [-0.4, -0.2) is 34.4 Å². The predicted octanol–water partition coefficient (Wildman–Crippen LogP) is 4.44. The number of nitrogens with one attached hydrogen (secondary N) is 1. The van der Waals surface area contributed by atoms with Crippen molar-refractivity contribution in [3.63, 3.8) is 0 Å².